The molecule has 0 aliphatic carbocycles. The third kappa shape index (κ3) is 13.6. The van der Waals surface area contributed by atoms with Crippen LogP contribution >= 0.6 is 67.8 Å². The molecular formula is C24H35I3O2. The van der Waals surface area contributed by atoms with Crippen molar-refractivity contribution in [3.63, 3.8) is 0 Å². The first-order valence-electron chi connectivity index (χ1n) is 11.1. The highest BCUT2D eigenvalue weighted by molar-refractivity contribution is 14.1. The Labute approximate surface area is 218 Å². The van der Waals surface area contributed by atoms with Gasteiger partial charge in [-0.3, -0.25) is 4.79 Å². The van der Waals surface area contributed by atoms with Crippen LogP contribution in [0, 0.1) is 10.7 Å². The van der Waals surface area contributed by atoms with Crippen molar-refractivity contribution in [3.8, 4) is 5.75 Å². The third-order valence-corrected chi connectivity index (χ3v) is 10.0. The van der Waals surface area contributed by atoms with Crippen molar-refractivity contribution in [2.24, 2.45) is 0 Å². The monoisotopic (exact) mass is 736 g/mol. The van der Waals surface area contributed by atoms with Crippen LogP contribution in [0.15, 0.2) is 24.3 Å². The van der Waals surface area contributed by atoms with Crippen molar-refractivity contribution in [2.75, 3.05) is 0 Å². The van der Waals surface area contributed by atoms with Gasteiger partial charge in [-0.25, -0.2) is 0 Å². The van der Waals surface area contributed by atoms with Gasteiger partial charge in [0.25, 0.3) is 0 Å². The van der Waals surface area contributed by atoms with Crippen LogP contribution in [-0.4, -0.2) is 5.97 Å². The van der Waals surface area contributed by atoms with E-state index in [9.17, 15) is 4.79 Å². The Morgan fingerprint density at radius 3 is 1.97 bits per heavy atom. The lowest BCUT2D eigenvalue weighted by molar-refractivity contribution is -0.134. The Morgan fingerprint density at radius 1 is 0.793 bits per heavy atom. The summed E-state index contributed by atoms with van der Waals surface area (Å²) >= 11 is 6.84. The summed E-state index contributed by atoms with van der Waals surface area (Å²) in [4.78, 5) is 12.1. The van der Waals surface area contributed by atoms with Gasteiger partial charge in [0.1, 0.15) is 5.75 Å². The van der Waals surface area contributed by atoms with Gasteiger partial charge in [-0.1, -0.05) is 70.4 Å². The quantitative estimate of drug-likeness (QED) is 0.0423. The van der Waals surface area contributed by atoms with E-state index in [-0.39, 0.29) is 5.97 Å². The van der Waals surface area contributed by atoms with E-state index in [1.54, 1.807) is 0 Å². The number of halogens is 3. The molecule has 1 aromatic carbocycles. The summed E-state index contributed by atoms with van der Waals surface area (Å²) in [5, 5.41) is 0. The van der Waals surface area contributed by atoms with Crippen molar-refractivity contribution >= 4 is 73.7 Å². The summed E-state index contributed by atoms with van der Waals surface area (Å²) in [6.45, 7) is 2.27. The summed E-state index contributed by atoms with van der Waals surface area (Å²) < 4.78 is 8.89. The molecule has 0 atom stereocenters. The lowest BCUT2D eigenvalue weighted by Gasteiger charge is -2.09. The number of carbonyl (C=O) groups is 1. The number of rotatable bonds is 16. The molecule has 0 amide bonds. The molecule has 0 unspecified atom stereocenters. The van der Waals surface area contributed by atoms with Gasteiger partial charge in [-0.2, -0.15) is 0 Å². The maximum Gasteiger partial charge on any atom is 0.311 e. The van der Waals surface area contributed by atoms with Gasteiger partial charge in [0.05, 0.1) is 3.57 Å². The molecule has 0 bridgehead atoms. The van der Waals surface area contributed by atoms with Crippen molar-refractivity contribution in [2.45, 2.75) is 96.8 Å². The van der Waals surface area contributed by atoms with E-state index in [0.29, 0.717) is 12.2 Å². The second kappa shape index (κ2) is 18.2. The molecule has 29 heavy (non-hydrogen) atoms. The fraction of sp³-hybridized carbons (Fsp3) is 0.625. The molecule has 0 saturated heterocycles. The second-order valence-corrected chi connectivity index (χ2v) is 10.8. The van der Waals surface area contributed by atoms with Gasteiger partial charge in [-0.05, 0) is 112 Å². The average Bonchev–Trinajstić information content (AvgIpc) is 2.71. The summed E-state index contributed by atoms with van der Waals surface area (Å²) in [6, 6.07) is 3.89. The Kier molecular flexibility index (Phi) is 17.4. The molecule has 0 fully saturated rings. The van der Waals surface area contributed by atoms with Gasteiger partial charge in [-0.15, -0.1) is 0 Å². The molecule has 1 aromatic rings. The topological polar surface area (TPSA) is 26.3 Å². The maximum atomic E-state index is 12.1. The van der Waals surface area contributed by atoms with Crippen LogP contribution in [0.2, 0.25) is 0 Å². The van der Waals surface area contributed by atoms with Gasteiger partial charge in [0, 0.05) is 13.6 Å². The molecule has 2 nitrogen and oxygen atoms in total. The standard InChI is InChI=1S/C24H35I3O2/c1-2-3-4-5-6-7-8-9-10-11-12-13-14-15-16-17-22(28)29-21-19-18-20(25)23(26)24(21)27/h9-10,18-19H,2-8,11-17H2,1H3/b10-9-. The molecule has 0 aliphatic rings. The zero-order valence-corrected chi connectivity index (χ0v) is 24.1. The minimum absolute atomic E-state index is 0.113. The van der Waals surface area contributed by atoms with Gasteiger partial charge in [0.2, 0.25) is 0 Å². The smallest absolute Gasteiger partial charge is 0.311 e. The number of carbonyl (C=O) groups excluding carboxylic acids is 1. The molecule has 0 aliphatic heterocycles. The van der Waals surface area contributed by atoms with E-state index < -0.39 is 0 Å². The minimum atomic E-state index is -0.113. The Balaban J connectivity index is 1.97. The normalized spacial score (nSPS) is 11.3. The second-order valence-electron chi connectivity index (χ2n) is 7.48. The largest absolute Gasteiger partial charge is 0.425 e. The minimum Gasteiger partial charge on any atom is -0.425 e. The predicted molar refractivity (Wildman–Crippen MR) is 150 cm³/mol. The van der Waals surface area contributed by atoms with E-state index >= 15 is 0 Å². The first-order valence-corrected chi connectivity index (χ1v) is 14.3. The maximum absolute atomic E-state index is 12.1. The first-order chi connectivity index (χ1) is 14.1. The molecule has 0 N–H and O–H groups in total. The predicted octanol–water partition coefficient (Wildman–Crippen LogP) is 9.44. The van der Waals surface area contributed by atoms with Crippen LogP contribution in [0.25, 0.3) is 0 Å². The number of esters is 1. The Hall–Kier alpha value is 0.620. The zero-order valence-electron chi connectivity index (χ0n) is 17.7. The summed E-state index contributed by atoms with van der Waals surface area (Å²) in [6.07, 6.45) is 21.7. The number of ether oxygens (including phenoxy) is 1. The van der Waals surface area contributed by atoms with E-state index in [1.165, 1.54) is 74.2 Å². The van der Waals surface area contributed by atoms with E-state index in [4.69, 9.17) is 4.74 Å². The SMILES string of the molecule is CCCCCCCC/C=C\CCCCCCCC(=O)Oc1ccc(I)c(I)c1I. The van der Waals surface area contributed by atoms with Crippen molar-refractivity contribution < 1.29 is 9.53 Å². The van der Waals surface area contributed by atoms with Gasteiger partial charge in [0.15, 0.2) is 0 Å². The zero-order chi connectivity index (χ0) is 21.3. The number of hydrogen-bond acceptors (Lipinski definition) is 2. The molecule has 1 rings (SSSR count). The van der Waals surface area contributed by atoms with Crippen LogP contribution in [0.4, 0.5) is 0 Å². The number of unbranched alkanes of at least 4 members (excludes halogenated alkanes) is 11. The van der Waals surface area contributed by atoms with Crippen LogP contribution in [0.1, 0.15) is 96.8 Å². The van der Waals surface area contributed by atoms with Gasteiger partial charge >= 0.3 is 5.97 Å². The molecule has 0 heterocycles. The van der Waals surface area contributed by atoms with E-state index in [1.807, 2.05) is 12.1 Å². The van der Waals surface area contributed by atoms with Crippen molar-refractivity contribution in [1.82, 2.24) is 0 Å². The third-order valence-electron chi connectivity index (χ3n) is 4.87. The van der Waals surface area contributed by atoms with E-state index in [2.05, 4.69) is 86.8 Å². The lowest BCUT2D eigenvalue weighted by atomic mass is 10.1. The average molecular weight is 736 g/mol. The molecular weight excluding hydrogens is 701 g/mol. The number of benzene rings is 1. The first kappa shape index (κ1) is 27.7. The van der Waals surface area contributed by atoms with Crippen molar-refractivity contribution in [1.29, 1.82) is 0 Å². The summed E-state index contributed by atoms with van der Waals surface area (Å²) in [5.74, 6) is 0.575. The fourth-order valence-electron chi connectivity index (χ4n) is 3.10. The van der Waals surface area contributed by atoms with Crippen LogP contribution in [-0.2, 0) is 4.79 Å². The molecule has 0 aromatic heterocycles. The number of allylic oxidation sites excluding steroid dienone is 2. The Morgan fingerprint density at radius 2 is 1.34 bits per heavy atom. The van der Waals surface area contributed by atoms with Crippen LogP contribution in [0.5, 0.6) is 5.75 Å². The van der Waals surface area contributed by atoms with Gasteiger partial charge < -0.3 is 4.74 Å². The highest BCUT2D eigenvalue weighted by Crippen LogP contribution is 2.29. The lowest BCUT2D eigenvalue weighted by Crippen LogP contribution is -2.09. The number of hydrogen-bond donors (Lipinski definition) is 0. The fourth-order valence-corrected chi connectivity index (χ4v) is 5.09. The van der Waals surface area contributed by atoms with Crippen LogP contribution in [0.3, 0.4) is 0 Å². The van der Waals surface area contributed by atoms with Crippen LogP contribution < -0.4 is 4.74 Å². The summed E-state index contributed by atoms with van der Waals surface area (Å²) in [7, 11) is 0. The highest BCUT2D eigenvalue weighted by Gasteiger charge is 2.12. The highest BCUT2D eigenvalue weighted by atomic mass is 127. The summed E-state index contributed by atoms with van der Waals surface area (Å²) in [5.41, 5.74) is 0. The molecule has 0 radical (unpaired) electrons. The molecule has 0 spiro atoms. The molecule has 5 heteroatoms. The van der Waals surface area contributed by atoms with Crippen molar-refractivity contribution in [3.05, 3.63) is 35.0 Å². The Bertz CT molecular complexity index is 614. The van der Waals surface area contributed by atoms with E-state index in [0.717, 1.165) is 20.0 Å². The molecule has 0 saturated carbocycles. The molecule has 164 valence electrons.